The molecule has 0 bridgehead atoms. The summed E-state index contributed by atoms with van der Waals surface area (Å²) in [6.07, 6.45) is 5.62. The molecule has 1 fully saturated rings. The zero-order chi connectivity index (χ0) is 9.64. The molecule has 0 spiro atoms. The number of likely N-dealkylation sites (tertiary alicyclic amines) is 1. The van der Waals surface area contributed by atoms with Gasteiger partial charge in [0, 0.05) is 7.05 Å². The van der Waals surface area contributed by atoms with Crippen molar-refractivity contribution in [1.82, 2.24) is 4.90 Å². The summed E-state index contributed by atoms with van der Waals surface area (Å²) in [5.41, 5.74) is 1.19. The highest BCUT2D eigenvalue weighted by molar-refractivity contribution is 5.90. The third-order valence-electron chi connectivity index (χ3n) is 3.71. The first kappa shape index (κ1) is 8.79. The van der Waals surface area contributed by atoms with Crippen LogP contribution in [0.3, 0.4) is 0 Å². The van der Waals surface area contributed by atoms with Crippen LogP contribution in [0.5, 0.6) is 0 Å². The molecule has 0 N–H and O–H groups in total. The van der Waals surface area contributed by atoms with Gasteiger partial charge in [-0.05, 0) is 38.7 Å². The molecule has 0 aromatic carbocycles. The lowest BCUT2D eigenvalue weighted by molar-refractivity contribution is -0.134. The zero-order valence-electron chi connectivity index (χ0n) is 8.63. The number of carbonyl (C=O) groups is 1. The molecule has 0 aromatic heterocycles. The zero-order valence-corrected chi connectivity index (χ0v) is 8.63. The molecule has 2 nitrogen and oxygen atoms in total. The molecule has 2 aliphatic rings. The van der Waals surface area contributed by atoms with Crippen molar-refractivity contribution in [3.63, 3.8) is 0 Å². The Morgan fingerprint density at radius 1 is 1.62 bits per heavy atom. The van der Waals surface area contributed by atoms with Crippen LogP contribution in [0.4, 0.5) is 0 Å². The molecule has 2 rings (SSSR count). The van der Waals surface area contributed by atoms with Crippen LogP contribution in [0.2, 0.25) is 0 Å². The Morgan fingerprint density at radius 3 is 2.92 bits per heavy atom. The van der Waals surface area contributed by atoms with E-state index in [-0.39, 0.29) is 5.41 Å². The van der Waals surface area contributed by atoms with E-state index in [1.165, 1.54) is 5.57 Å². The second kappa shape index (κ2) is 2.60. The lowest BCUT2D eigenvalue weighted by Gasteiger charge is -2.27. The van der Waals surface area contributed by atoms with Crippen molar-refractivity contribution in [3.05, 3.63) is 11.6 Å². The molecule has 1 saturated heterocycles. The number of allylic oxidation sites excluding steroid dienone is 1. The van der Waals surface area contributed by atoms with E-state index in [4.69, 9.17) is 0 Å². The smallest absolute Gasteiger partial charge is 0.232 e. The van der Waals surface area contributed by atoms with E-state index < -0.39 is 0 Å². The average molecular weight is 179 g/mol. The SMILES string of the molecule is C[C@@H]1C2=CCCC[C@]2(C)C(=O)N1C. The Bertz CT molecular complexity index is 282. The standard InChI is InChI=1S/C11H17NO/c1-8-9-6-4-5-7-11(9,2)10(13)12(8)3/h6,8H,4-5,7H2,1-3H3/t8-,11+/m1/s1. The third-order valence-corrected chi connectivity index (χ3v) is 3.71. The first-order chi connectivity index (χ1) is 6.07. The predicted molar refractivity (Wildman–Crippen MR) is 52.3 cm³/mol. The van der Waals surface area contributed by atoms with Gasteiger partial charge in [-0.1, -0.05) is 6.08 Å². The minimum absolute atomic E-state index is 0.160. The van der Waals surface area contributed by atoms with Crippen LogP contribution in [0.15, 0.2) is 11.6 Å². The van der Waals surface area contributed by atoms with Crippen LogP contribution in [0.25, 0.3) is 0 Å². The van der Waals surface area contributed by atoms with Crippen molar-refractivity contribution in [2.75, 3.05) is 7.05 Å². The van der Waals surface area contributed by atoms with E-state index in [2.05, 4.69) is 19.9 Å². The molecule has 1 aliphatic carbocycles. The second-order valence-electron chi connectivity index (χ2n) is 4.48. The van der Waals surface area contributed by atoms with E-state index in [0.29, 0.717) is 11.9 Å². The van der Waals surface area contributed by atoms with Gasteiger partial charge in [0.05, 0.1) is 11.5 Å². The summed E-state index contributed by atoms with van der Waals surface area (Å²) in [7, 11) is 1.91. The molecule has 13 heavy (non-hydrogen) atoms. The van der Waals surface area contributed by atoms with Crippen molar-refractivity contribution in [1.29, 1.82) is 0 Å². The summed E-state index contributed by atoms with van der Waals surface area (Å²) < 4.78 is 0. The third kappa shape index (κ3) is 0.976. The van der Waals surface area contributed by atoms with Crippen LogP contribution >= 0.6 is 0 Å². The minimum Gasteiger partial charge on any atom is -0.339 e. The van der Waals surface area contributed by atoms with Gasteiger partial charge < -0.3 is 4.90 Å². The van der Waals surface area contributed by atoms with E-state index in [1.54, 1.807) is 0 Å². The normalized spacial score (nSPS) is 39.0. The first-order valence-electron chi connectivity index (χ1n) is 5.05. The summed E-state index contributed by atoms with van der Waals surface area (Å²) in [4.78, 5) is 13.8. The topological polar surface area (TPSA) is 20.3 Å². The molecule has 72 valence electrons. The number of nitrogens with zero attached hydrogens (tertiary/aromatic N) is 1. The fourth-order valence-electron chi connectivity index (χ4n) is 2.72. The Balaban J connectivity index is 2.46. The van der Waals surface area contributed by atoms with E-state index in [0.717, 1.165) is 19.3 Å². The van der Waals surface area contributed by atoms with Gasteiger partial charge in [-0.2, -0.15) is 0 Å². The first-order valence-corrected chi connectivity index (χ1v) is 5.05. The maximum absolute atomic E-state index is 12.0. The van der Waals surface area contributed by atoms with Gasteiger partial charge in [-0.15, -0.1) is 0 Å². The number of hydrogen-bond acceptors (Lipinski definition) is 1. The highest BCUT2D eigenvalue weighted by Gasteiger charge is 2.49. The Kier molecular flexibility index (Phi) is 1.76. The molecular weight excluding hydrogens is 162 g/mol. The molecule has 0 unspecified atom stereocenters. The summed E-state index contributed by atoms with van der Waals surface area (Å²) in [6.45, 7) is 4.22. The van der Waals surface area contributed by atoms with Crippen molar-refractivity contribution >= 4 is 5.91 Å². The van der Waals surface area contributed by atoms with E-state index in [1.807, 2.05) is 11.9 Å². The summed E-state index contributed by atoms with van der Waals surface area (Å²) >= 11 is 0. The summed E-state index contributed by atoms with van der Waals surface area (Å²) in [5.74, 6) is 0.311. The average Bonchev–Trinajstić information content (AvgIpc) is 2.29. The summed E-state index contributed by atoms with van der Waals surface area (Å²) in [6, 6.07) is 0.317. The minimum atomic E-state index is -0.160. The van der Waals surface area contributed by atoms with Gasteiger partial charge in [0.2, 0.25) is 5.91 Å². The number of likely N-dealkylation sites (N-methyl/N-ethyl adjacent to an activating group) is 1. The highest BCUT2D eigenvalue weighted by Crippen LogP contribution is 2.46. The number of amides is 1. The van der Waals surface area contributed by atoms with Crippen LogP contribution in [0.1, 0.15) is 33.1 Å². The Labute approximate surface area is 79.6 Å². The van der Waals surface area contributed by atoms with E-state index >= 15 is 0 Å². The number of rotatable bonds is 0. The highest BCUT2D eigenvalue weighted by atomic mass is 16.2. The molecule has 1 heterocycles. The molecule has 0 aromatic rings. The Hall–Kier alpha value is -0.790. The van der Waals surface area contributed by atoms with E-state index in [9.17, 15) is 4.79 Å². The van der Waals surface area contributed by atoms with Crippen molar-refractivity contribution in [2.24, 2.45) is 5.41 Å². The van der Waals surface area contributed by atoms with Crippen molar-refractivity contribution in [3.8, 4) is 0 Å². The number of hydrogen-bond donors (Lipinski definition) is 0. The number of carbonyl (C=O) groups excluding carboxylic acids is 1. The molecule has 1 amide bonds. The lowest BCUT2D eigenvalue weighted by atomic mass is 9.74. The van der Waals surface area contributed by atoms with Gasteiger partial charge in [-0.3, -0.25) is 4.79 Å². The fraction of sp³-hybridized carbons (Fsp3) is 0.727. The lowest BCUT2D eigenvalue weighted by Crippen LogP contribution is -2.32. The molecular formula is C11H17NO. The van der Waals surface area contributed by atoms with Crippen LogP contribution in [-0.4, -0.2) is 23.9 Å². The van der Waals surface area contributed by atoms with Gasteiger partial charge in [-0.25, -0.2) is 0 Å². The fourth-order valence-corrected chi connectivity index (χ4v) is 2.72. The number of fused-ring (bicyclic) bond motifs is 1. The van der Waals surface area contributed by atoms with Gasteiger partial charge >= 0.3 is 0 Å². The van der Waals surface area contributed by atoms with Crippen LogP contribution < -0.4 is 0 Å². The quantitative estimate of drug-likeness (QED) is 0.520. The molecule has 1 aliphatic heterocycles. The maximum atomic E-state index is 12.0. The largest absolute Gasteiger partial charge is 0.339 e. The predicted octanol–water partition coefficient (Wildman–Crippen LogP) is 1.96. The van der Waals surface area contributed by atoms with Crippen molar-refractivity contribution < 1.29 is 4.79 Å². The van der Waals surface area contributed by atoms with Gasteiger partial charge in [0.25, 0.3) is 0 Å². The molecule has 0 saturated carbocycles. The summed E-state index contributed by atoms with van der Waals surface area (Å²) in [5, 5.41) is 0. The molecule has 0 radical (unpaired) electrons. The Morgan fingerprint density at radius 2 is 2.31 bits per heavy atom. The van der Waals surface area contributed by atoms with Crippen LogP contribution in [-0.2, 0) is 4.79 Å². The van der Waals surface area contributed by atoms with Gasteiger partial charge in [0.15, 0.2) is 0 Å². The van der Waals surface area contributed by atoms with Gasteiger partial charge in [0.1, 0.15) is 0 Å². The van der Waals surface area contributed by atoms with Crippen LogP contribution in [0, 0.1) is 5.41 Å². The maximum Gasteiger partial charge on any atom is 0.232 e. The monoisotopic (exact) mass is 179 g/mol. The molecule has 2 atom stereocenters. The second-order valence-corrected chi connectivity index (χ2v) is 4.48. The van der Waals surface area contributed by atoms with Crippen molar-refractivity contribution in [2.45, 2.75) is 39.2 Å². The molecule has 2 heteroatoms.